The molecule has 3 nitrogen and oxygen atoms in total. The summed E-state index contributed by atoms with van der Waals surface area (Å²) in [7, 11) is 2.37. The van der Waals surface area contributed by atoms with Gasteiger partial charge in [0.25, 0.3) is 0 Å². The first-order valence-electron chi connectivity index (χ1n) is 9.00. The van der Waals surface area contributed by atoms with Crippen LogP contribution in [0.2, 0.25) is 0 Å². The maximum Gasteiger partial charge on any atom is 0.0610 e. The van der Waals surface area contributed by atoms with Crippen molar-refractivity contribution in [3.63, 3.8) is 0 Å². The molecule has 1 fully saturated rings. The van der Waals surface area contributed by atoms with Crippen LogP contribution in [0.15, 0.2) is 12.2 Å². The lowest BCUT2D eigenvalue weighted by Gasteiger charge is -2.24. The molecule has 130 valence electrons. The summed E-state index contributed by atoms with van der Waals surface area (Å²) in [5, 5.41) is 20.5. The van der Waals surface area contributed by atoms with E-state index in [-0.39, 0.29) is 30.1 Å². The van der Waals surface area contributed by atoms with Gasteiger partial charge in [-0.05, 0) is 50.4 Å². The molecule has 0 aromatic carbocycles. The zero-order valence-electron chi connectivity index (χ0n) is 14.3. The maximum atomic E-state index is 10.3. The number of hydrogen-bond donors (Lipinski definition) is 2. The van der Waals surface area contributed by atoms with E-state index in [0.717, 1.165) is 38.5 Å². The molecule has 0 saturated heterocycles. The Morgan fingerprint density at radius 1 is 1.09 bits per heavy atom. The molecule has 0 aromatic rings. The van der Waals surface area contributed by atoms with Gasteiger partial charge in [0.2, 0.25) is 0 Å². The van der Waals surface area contributed by atoms with Gasteiger partial charge in [0.15, 0.2) is 0 Å². The lowest BCUT2D eigenvalue weighted by Crippen LogP contribution is -2.23. The van der Waals surface area contributed by atoms with Crippen molar-refractivity contribution < 1.29 is 14.7 Å². The predicted octanol–water partition coefficient (Wildman–Crippen LogP) is 4.24. The van der Waals surface area contributed by atoms with Gasteiger partial charge in [-0.2, -0.15) is 0 Å². The molecule has 22 heavy (non-hydrogen) atoms. The highest BCUT2D eigenvalue weighted by Gasteiger charge is 2.40. The van der Waals surface area contributed by atoms with E-state index < -0.39 is 0 Å². The molecule has 1 saturated carbocycles. The van der Waals surface area contributed by atoms with Crippen LogP contribution >= 0.6 is 9.47 Å². The van der Waals surface area contributed by atoms with Crippen LogP contribution in [0, 0.1) is 11.8 Å². The maximum absolute atomic E-state index is 10.3. The van der Waals surface area contributed by atoms with Gasteiger partial charge >= 0.3 is 0 Å². The SMILES string of the molecule is CCCC/C=C\C[C@@H]1[C@@H](CC[C@H](CCC)OP)[C@H](O)C[C@@H]1O. The Bertz CT molecular complexity index is 309. The van der Waals surface area contributed by atoms with E-state index in [1.54, 1.807) is 0 Å². The zero-order chi connectivity index (χ0) is 16.4. The van der Waals surface area contributed by atoms with Crippen LogP contribution in [0.5, 0.6) is 0 Å². The van der Waals surface area contributed by atoms with E-state index >= 15 is 0 Å². The largest absolute Gasteiger partial charge is 0.393 e. The Kier molecular flexibility index (Phi) is 10.6. The Balaban J connectivity index is 2.47. The lowest BCUT2D eigenvalue weighted by molar-refractivity contribution is 0.0955. The van der Waals surface area contributed by atoms with Crippen LogP contribution in [0.4, 0.5) is 0 Å². The monoisotopic (exact) mass is 330 g/mol. The summed E-state index contributed by atoms with van der Waals surface area (Å²) < 4.78 is 5.43. The topological polar surface area (TPSA) is 49.7 Å². The summed E-state index contributed by atoms with van der Waals surface area (Å²) in [6, 6.07) is 0. The van der Waals surface area contributed by atoms with Crippen molar-refractivity contribution in [2.45, 2.75) is 89.9 Å². The second kappa shape index (κ2) is 11.6. The second-order valence-electron chi connectivity index (χ2n) is 6.67. The molecule has 0 heterocycles. The fourth-order valence-electron chi connectivity index (χ4n) is 3.58. The van der Waals surface area contributed by atoms with Gasteiger partial charge in [-0.25, -0.2) is 0 Å². The van der Waals surface area contributed by atoms with Gasteiger partial charge in [-0.3, -0.25) is 0 Å². The third-order valence-corrected chi connectivity index (χ3v) is 5.33. The first-order valence-corrected chi connectivity index (χ1v) is 9.47. The summed E-state index contributed by atoms with van der Waals surface area (Å²) in [4.78, 5) is 0. The average Bonchev–Trinajstić information content (AvgIpc) is 2.77. The molecule has 4 heteroatoms. The summed E-state index contributed by atoms with van der Waals surface area (Å²) in [5.41, 5.74) is 0. The number of unbranched alkanes of at least 4 members (excludes halogenated alkanes) is 2. The van der Waals surface area contributed by atoms with Crippen LogP contribution in [0.25, 0.3) is 0 Å². The van der Waals surface area contributed by atoms with Gasteiger partial charge in [0, 0.05) is 9.47 Å². The number of aliphatic hydroxyl groups excluding tert-OH is 2. The Morgan fingerprint density at radius 3 is 2.45 bits per heavy atom. The number of rotatable bonds is 11. The highest BCUT2D eigenvalue weighted by Crippen LogP contribution is 2.38. The number of hydrogen-bond acceptors (Lipinski definition) is 3. The molecule has 0 amide bonds. The third-order valence-electron chi connectivity index (χ3n) is 4.95. The van der Waals surface area contributed by atoms with E-state index in [9.17, 15) is 10.2 Å². The quantitative estimate of drug-likeness (QED) is 0.338. The van der Waals surface area contributed by atoms with Crippen molar-refractivity contribution in [1.29, 1.82) is 0 Å². The molecular formula is C18H35O3P. The normalized spacial score (nSPS) is 30.2. The summed E-state index contributed by atoms with van der Waals surface area (Å²) >= 11 is 0. The van der Waals surface area contributed by atoms with Crippen molar-refractivity contribution in [3.8, 4) is 0 Å². The van der Waals surface area contributed by atoms with Crippen LogP contribution in [0.3, 0.4) is 0 Å². The molecule has 1 aliphatic carbocycles. The molecule has 0 spiro atoms. The molecule has 0 aromatic heterocycles. The fourth-order valence-corrected chi connectivity index (χ4v) is 3.85. The van der Waals surface area contributed by atoms with Gasteiger partial charge in [-0.15, -0.1) is 0 Å². The third kappa shape index (κ3) is 6.66. The molecule has 0 aliphatic heterocycles. The molecule has 0 bridgehead atoms. The minimum Gasteiger partial charge on any atom is -0.393 e. The standard InChI is InChI=1S/C18H35O3P/c1-3-5-6-7-8-10-15-16(18(20)13-17(15)19)12-11-14(21-22)9-4-2/h7-8,14-20H,3-6,9-13,22H2,1-2H3/b8-7-/t14-,15+,16+,17-,18+/m0/s1. The van der Waals surface area contributed by atoms with Crippen molar-refractivity contribution in [1.82, 2.24) is 0 Å². The zero-order valence-corrected chi connectivity index (χ0v) is 15.4. The minimum absolute atomic E-state index is 0.194. The van der Waals surface area contributed by atoms with E-state index in [2.05, 4.69) is 35.5 Å². The first-order chi connectivity index (χ1) is 10.6. The van der Waals surface area contributed by atoms with Crippen LogP contribution in [0.1, 0.15) is 71.6 Å². The minimum atomic E-state index is -0.365. The first kappa shape index (κ1) is 20.1. The Morgan fingerprint density at radius 2 is 1.82 bits per heavy atom. The highest BCUT2D eigenvalue weighted by atomic mass is 31.0. The fraction of sp³-hybridized carbons (Fsp3) is 0.889. The average molecular weight is 330 g/mol. The number of aliphatic hydroxyl groups is 2. The summed E-state index contributed by atoms with van der Waals surface area (Å²) in [6.45, 7) is 4.36. The molecule has 0 radical (unpaired) electrons. The molecular weight excluding hydrogens is 295 g/mol. The Hall–Kier alpha value is 0.0500. The lowest BCUT2D eigenvalue weighted by atomic mass is 9.86. The molecule has 6 atom stereocenters. The van der Waals surface area contributed by atoms with Crippen molar-refractivity contribution >= 4 is 9.47 Å². The van der Waals surface area contributed by atoms with E-state index in [1.807, 2.05) is 0 Å². The van der Waals surface area contributed by atoms with Gasteiger partial charge in [0.1, 0.15) is 0 Å². The summed E-state index contributed by atoms with van der Waals surface area (Å²) in [6.07, 6.45) is 13.0. The van der Waals surface area contributed by atoms with Gasteiger partial charge < -0.3 is 14.7 Å². The number of allylic oxidation sites excluding steroid dienone is 2. The van der Waals surface area contributed by atoms with Crippen molar-refractivity contribution in [2.24, 2.45) is 11.8 Å². The predicted molar refractivity (Wildman–Crippen MR) is 95.6 cm³/mol. The van der Waals surface area contributed by atoms with Gasteiger partial charge in [0.05, 0.1) is 18.3 Å². The van der Waals surface area contributed by atoms with E-state index in [0.29, 0.717) is 6.42 Å². The van der Waals surface area contributed by atoms with Crippen LogP contribution in [-0.4, -0.2) is 28.5 Å². The van der Waals surface area contributed by atoms with Crippen LogP contribution in [-0.2, 0) is 4.52 Å². The van der Waals surface area contributed by atoms with Crippen molar-refractivity contribution in [2.75, 3.05) is 0 Å². The highest BCUT2D eigenvalue weighted by molar-refractivity contribution is 7.09. The second-order valence-corrected chi connectivity index (χ2v) is 6.94. The molecule has 2 N–H and O–H groups in total. The van der Waals surface area contributed by atoms with E-state index in [4.69, 9.17) is 4.52 Å². The van der Waals surface area contributed by atoms with Gasteiger partial charge in [-0.1, -0.05) is 45.3 Å². The van der Waals surface area contributed by atoms with Crippen molar-refractivity contribution in [3.05, 3.63) is 12.2 Å². The van der Waals surface area contributed by atoms with Crippen LogP contribution < -0.4 is 0 Å². The Labute approximate surface area is 138 Å². The molecule has 1 unspecified atom stereocenters. The smallest absolute Gasteiger partial charge is 0.0610 e. The van der Waals surface area contributed by atoms with E-state index in [1.165, 1.54) is 12.8 Å². The summed E-state index contributed by atoms with van der Waals surface area (Å²) in [5.74, 6) is 0.394. The molecule has 1 aliphatic rings. The molecule has 1 rings (SSSR count).